The molecule has 0 fully saturated rings. The zero-order valence-corrected chi connectivity index (χ0v) is 15.2. The summed E-state index contributed by atoms with van der Waals surface area (Å²) in [6.45, 7) is 4.29. The number of hydrogen-bond donors (Lipinski definition) is 1. The molecule has 0 aliphatic carbocycles. The van der Waals surface area contributed by atoms with E-state index in [0.717, 1.165) is 17.1 Å². The average molecular weight is 343 g/mol. The van der Waals surface area contributed by atoms with Crippen LogP contribution in [-0.2, 0) is 11.2 Å². The molecule has 134 valence electrons. The number of methoxy groups -OCH3 is 2. The van der Waals surface area contributed by atoms with Gasteiger partial charge in [-0.1, -0.05) is 17.7 Å². The molecule has 0 heterocycles. The molecule has 0 bridgehead atoms. The average Bonchev–Trinajstić information content (AvgIpc) is 2.62. The Bertz CT molecular complexity index is 697. The van der Waals surface area contributed by atoms with E-state index in [9.17, 15) is 4.79 Å². The van der Waals surface area contributed by atoms with Gasteiger partial charge in [0, 0.05) is 6.54 Å². The first-order chi connectivity index (χ1) is 12.0. The molecule has 0 aliphatic rings. The van der Waals surface area contributed by atoms with E-state index >= 15 is 0 Å². The monoisotopic (exact) mass is 343 g/mol. The Hall–Kier alpha value is -2.69. The number of benzene rings is 2. The molecule has 25 heavy (non-hydrogen) atoms. The normalized spacial score (nSPS) is 11.5. The molecule has 2 aromatic carbocycles. The number of aryl methyl sites for hydroxylation is 1. The number of carbonyl (C=O) groups is 1. The smallest absolute Gasteiger partial charge is 0.260 e. The Morgan fingerprint density at radius 3 is 2.36 bits per heavy atom. The van der Waals surface area contributed by atoms with E-state index in [1.165, 1.54) is 5.56 Å². The zero-order chi connectivity index (χ0) is 18.2. The third kappa shape index (κ3) is 5.41. The van der Waals surface area contributed by atoms with Crippen molar-refractivity contribution in [2.45, 2.75) is 26.4 Å². The number of rotatable bonds is 8. The van der Waals surface area contributed by atoms with Gasteiger partial charge in [-0.15, -0.1) is 0 Å². The summed E-state index contributed by atoms with van der Waals surface area (Å²) in [7, 11) is 3.26. The van der Waals surface area contributed by atoms with E-state index in [1.54, 1.807) is 45.4 Å². The van der Waals surface area contributed by atoms with Crippen LogP contribution in [0.2, 0.25) is 0 Å². The molecule has 0 aromatic heterocycles. The molecule has 5 heteroatoms. The van der Waals surface area contributed by atoms with Gasteiger partial charge in [0.05, 0.1) is 14.2 Å². The fourth-order valence-corrected chi connectivity index (χ4v) is 2.48. The Morgan fingerprint density at radius 2 is 1.72 bits per heavy atom. The number of nitrogens with one attached hydrogen (secondary N) is 1. The lowest BCUT2D eigenvalue weighted by molar-refractivity contribution is -0.127. The second kappa shape index (κ2) is 8.97. The van der Waals surface area contributed by atoms with E-state index in [2.05, 4.69) is 11.4 Å². The summed E-state index contributed by atoms with van der Waals surface area (Å²) >= 11 is 0. The van der Waals surface area contributed by atoms with Crippen LogP contribution in [0.3, 0.4) is 0 Å². The lowest BCUT2D eigenvalue weighted by Gasteiger charge is -2.15. The fourth-order valence-electron chi connectivity index (χ4n) is 2.48. The summed E-state index contributed by atoms with van der Waals surface area (Å²) in [4.78, 5) is 12.2. The topological polar surface area (TPSA) is 56.8 Å². The minimum Gasteiger partial charge on any atom is -0.497 e. The fraction of sp³-hybridized carbons (Fsp3) is 0.350. The van der Waals surface area contributed by atoms with Crippen molar-refractivity contribution in [2.75, 3.05) is 20.8 Å². The van der Waals surface area contributed by atoms with Crippen LogP contribution in [0.15, 0.2) is 42.5 Å². The largest absolute Gasteiger partial charge is 0.497 e. The molecular formula is C20H25NO4. The van der Waals surface area contributed by atoms with Crippen molar-refractivity contribution < 1.29 is 19.0 Å². The van der Waals surface area contributed by atoms with Gasteiger partial charge in [-0.05, 0) is 56.2 Å². The number of amides is 1. The Labute approximate surface area is 148 Å². The van der Waals surface area contributed by atoms with Crippen molar-refractivity contribution in [2.24, 2.45) is 0 Å². The van der Waals surface area contributed by atoms with E-state index in [1.807, 2.05) is 19.1 Å². The van der Waals surface area contributed by atoms with Crippen molar-refractivity contribution in [3.63, 3.8) is 0 Å². The predicted molar refractivity (Wildman–Crippen MR) is 97.5 cm³/mol. The van der Waals surface area contributed by atoms with Crippen LogP contribution < -0.4 is 19.5 Å². The van der Waals surface area contributed by atoms with Gasteiger partial charge in [-0.3, -0.25) is 4.79 Å². The molecule has 0 radical (unpaired) electrons. The summed E-state index contributed by atoms with van der Waals surface area (Å²) < 4.78 is 16.1. The maximum atomic E-state index is 12.2. The summed E-state index contributed by atoms with van der Waals surface area (Å²) in [6, 6.07) is 13.2. The minimum absolute atomic E-state index is 0.151. The molecule has 1 N–H and O–H groups in total. The van der Waals surface area contributed by atoms with Gasteiger partial charge < -0.3 is 19.5 Å². The van der Waals surface area contributed by atoms with Crippen molar-refractivity contribution in [3.8, 4) is 17.2 Å². The highest BCUT2D eigenvalue weighted by atomic mass is 16.5. The molecule has 2 aromatic rings. The van der Waals surface area contributed by atoms with Crippen LogP contribution in [-0.4, -0.2) is 32.8 Å². The van der Waals surface area contributed by atoms with Crippen LogP contribution in [0.25, 0.3) is 0 Å². The number of hydrogen-bond acceptors (Lipinski definition) is 4. The molecule has 0 spiro atoms. The first-order valence-corrected chi connectivity index (χ1v) is 8.25. The van der Waals surface area contributed by atoms with Crippen LogP contribution in [0.4, 0.5) is 0 Å². The van der Waals surface area contributed by atoms with Crippen LogP contribution >= 0.6 is 0 Å². The summed E-state index contributed by atoms with van der Waals surface area (Å²) in [6.07, 6.45) is 0.124. The van der Waals surface area contributed by atoms with E-state index in [-0.39, 0.29) is 5.91 Å². The molecule has 1 amide bonds. The van der Waals surface area contributed by atoms with Crippen LogP contribution in [0.5, 0.6) is 17.2 Å². The molecule has 0 aliphatic heterocycles. The van der Waals surface area contributed by atoms with Gasteiger partial charge in [0.2, 0.25) is 0 Å². The lowest BCUT2D eigenvalue weighted by atomic mass is 10.1. The predicted octanol–water partition coefficient (Wildman–Crippen LogP) is 3.14. The molecule has 0 saturated heterocycles. The molecule has 2 rings (SSSR count). The van der Waals surface area contributed by atoms with Crippen molar-refractivity contribution in [3.05, 3.63) is 53.6 Å². The minimum atomic E-state index is -0.576. The standard InChI is InChI=1S/C20H25NO4/c1-14-5-10-19(24-4)16(13-14)11-12-21-20(22)15(2)25-18-8-6-17(23-3)7-9-18/h5-10,13,15H,11-12H2,1-4H3,(H,21,22). The molecule has 0 saturated carbocycles. The molecular weight excluding hydrogens is 318 g/mol. The van der Waals surface area contributed by atoms with Gasteiger partial charge >= 0.3 is 0 Å². The maximum Gasteiger partial charge on any atom is 0.260 e. The first kappa shape index (κ1) is 18.6. The summed E-state index contributed by atoms with van der Waals surface area (Å²) in [5, 5.41) is 2.90. The second-order valence-electron chi connectivity index (χ2n) is 5.79. The van der Waals surface area contributed by atoms with Crippen molar-refractivity contribution >= 4 is 5.91 Å². The highest BCUT2D eigenvalue weighted by Gasteiger charge is 2.14. The molecule has 1 unspecified atom stereocenters. The second-order valence-corrected chi connectivity index (χ2v) is 5.79. The maximum absolute atomic E-state index is 12.2. The highest BCUT2D eigenvalue weighted by Crippen LogP contribution is 2.20. The van der Waals surface area contributed by atoms with Gasteiger partial charge in [0.15, 0.2) is 6.10 Å². The third-order valence-corrected chi connectivity index (χ3v) is 3.87. The zero-order valence-electron chi connectivity index (χ0n) is 15.2. The Balaban J connectivity index is 1.84. The van der Waals surface area contributed by atoms with E-state index in [4.69, 9.17) is 14.2 Å². The lowest BCUT2D eigenvalue weighted by Crippen LogP contribution is -2.37. The number of carbonyl (C=O) groups excluding carboxylic acids is 1. The first-order valence-electron chi connectivity index (χ1n) is 8.25. The highest BCUT2D eigenvalue weighted by molar-refractivity contribution is 5.80. The van der Waals surface area contributed by atoms with E-state index in [0.29, 0.717) is 18.7 Å². The van der Waals surface area contributed by atoms with Gasteiger partial charge in [-0.25, -0.2) is 0 Å². The van der Waals surface area contributed by atoms with Gasteiger partial charge in [-0.2, -0.15) is 0 Å². The van der Waals surface area contributed by atoms with Crippen molar-refractivity contribution in [1.29, 1.82) is 0 Å². The van der Waals surface area contributed by atoms with Gasteiger partial charge in [0.1, 0.15) is 17.2 Å². The number of ether oxygens (including phenoxy) is 3. The van der Waals surface area contributed by atoms with Crippen LogP contribution in [0.1, 0.15) is 18.1 Å². The Morgan fingerprint density at radius 1 is 1.04 bits per heavy atom. The molecule has 5 nitrogen and oxygen atoms in total. The van der Waals surface area contributed by atoms with Crippen LogP contribution in [0, 0.1) is 6.92 Å². The van der Waals surface area contributed by atoms with E-state index < -0.39 is 6.10 Å². The SMILES string of the molecule is COc1ccc(OC(C)C(=O)NCCc2cc(C)ccc2OC)cc1. The summed E-state index contributed by atoms with van der Waals surface area (Å²) in [5.41, 5.74) is 2.24. The molecule has 1 atom stereocenters. The van der Waals surface area contributed by atoms with Crippen molar-refractivity contribution in [1.82, 2.24) is 5.32 Å². The third-order valence-electron chi connectivity index (χ3n) is 3.87. The summed E-state index contributed by atoms with van der Waals surface area (Å²) in [5.74, 6) is 2.06. The Kier molecular flexibility index (Phi) is 6.69. The van der Waals surface area contributed by atoms with Gasteiger partial charge in [0.25, 0.3) is 5.91 Å². The quantitative estimate of drug-likeness (QED) is 0.800.